The van der Waals surface area contributed by atoms with Gasteiger partial charge in [-0.3, -0.25) is 0 Å². The molecule has 0 spiro atoms. The predicted molar refractivity (Wildman–Crippen MR) is 177 cm³/mol. The van der Waals surface area contributed by atoms with E-state index in [0.717, 1.165) is 0 Å². The third-order valence-electron chi connectivity index (χ3n) is 7.70. The number of methoxy groups -OCH3 is 2. The highest BCUT2D eigenvalue weighted by molar-refractivity contribution is 6.35. The Morgan fingerprint density at radius 2 is 0.979 bits per heavy atom. The van der Waals surface area contributed by atoms with Gasteiger partial charge in [-0.2, -0.15) is 0 Å². The van der Waals surface area contributed by atoms with Crippen molar-refractivity contribution < 1.29 is 38.0 Å². The van der Waals surface area contributed by atoms with E-state index in [1.807, 2.05) is 0 Å². The SMILES string of the molecule is COc1ccc(C(=O)Oc2cc3c(cc2C)N=c2c(Cl)c4c(c(Cl)c2O3)=Nc2cc(C)c(OC(=O)c3ccc(OC)cc3)cc2O4)cc1. The molecule has 0 radical (unpaired) electrons. The molecule has 240 valence electrons. The van der Waals surface area contributed by atoms with Gasteiger partial charge in [-0.25, -0.2) is 19.6 Å². The number of carbonyl (C=O) groups excluding carboxylic acids is 2. The number of carbonyl (C=O) groups is 2. The fourth-order valence-corrected chi connectivity index (χ4v) is 5.62. The second-order valence-electron chi connectivity index (χ2n) is 10.8. The number of halogens is 2. The quantitative estimate of drug-likeness (QED) is 0.127. The molecule has 2 heterocycles. The summed E-state index contributed by atoms with van der Waals surface area (Å²) in [5.74, 6) is 1.66. The van der Waals surface area contributed by atoms with Crippen LogP contribution in [-0.4, -0.2) is 26.2 Å². The fraction of sp³-hybridized carbons (Fsp3) is 0.111. The van der Waals surface area contributed by atoms with Gasteiger partial charge < -0.3 is 28.4 Å². The Hall–Kier alpha value is -5.58. The summed E-state index contributed by atoms with van der Waals surface area (Å²) in [5.41, 5.74) is 2.87. The van der Waals surface area contributed by atoms with Gasteiger partial charge in [0.25, 0.3) is 0 Å². The molecule has 5 aromatic rings. The van der Waals surface area contributed by atoms with Crippen LogP contribution in [0.2, 0.25) is 10.0 Å². The molecular weight excluding hydrogens is 659 g/mol. The van der Waals surface area contributed by atoms with Crippen molar-refractivity contribution >= 4 is 46.5 Å². The molecule has 0 unspecified atom stereocenters. The molecule has 0 atom stereocenters. The van der Waals surface area contributed by atoms with Gasteiger partial charge in [-0.1, -0.05) is 23.2 Å². The molecule has 0 amide bonds. The Morgan fingerprint density at radius 1 is 0.604 bits per heavy atom. The number of nitrogens with zero attached hydrogens (tertiary/aromatic N) is 2. The van der Waals surface area contributed by atoms with Crippen molar-refractivity contribution in [2.75, 3.05) is 14.2 Å². The van der Waals surface area contributed by atoms with E-state index in [2.05, 4.69) is 0 Å². The van der Waals surface area contributed by atoms with E-state index in [1.165, 1.54) is 0 Å². The maximum absolute atomic E-state index is 12.9. The number of esters is 2. The van der Waals surface area contributed by atoms with Gasteiger partial charge in [0, 0.05) is 12.1 Å². The number of aryl methyl sites for hydroxylation is 2. The first-order valence-electron chi connectivity index (χ1n) is 14.5. The van der Waals surface area contributed by atoms with E-state index in [9.17, 15) is 9.59 Å². The second kappa shape index (κ2) is 12.2. The van der Waals surface area contributed by atoms with E-state index in [0.29, 0.717) is 56.6 Å². The molecule has 0 aliphatic carbocycles. The third kappa shape index (κ3) is 5.55. The molecule has 0 saturated heterocycles. The van der Waals surface area contributed by atoms with E-state index in [4.69, 9.17) is 61.6 Å². The average Bonchev–Trinajstić information content (AvgIpc) is 3.10. The molecule has 5 aromatic carbocycles. The molecule has 0 bridgehead atoms. The normalized spacial score (nSPS) is 12.0. The highest BCUT2D eigenvalue weighted by Gasteiger charge is 2.29. The lowest BCUT2D eigenvalue weighted by Crippen LogP contribution is -2.22. The molecule has 0 fully saturated rings. The number of ether oxygens (including phenoxy) is 6. The molecule has 0 aromatic heterocycles. The van der Waals surface area contributed by atoms with Crippen LogP contribution in [-0.2, 0) is 0 Å². The van der Waals surface area contributed by atoms with Crippen LogP contribution in [0.25, 0.3) is 0 Å². The summed E-state index contributed by atoms with van der Waals surface area (Å²) in [6, 6.07) is 19.7. The van der Waals surface area contributed by atoms with E-state index in [-0.39, 0.29) is 43.8 Å². The number of fused-ring (bicyclic) bond motifs is 4. The molecular formula is C36H24Cl2N2O8. The minimum atomic E-state index is -0.549. The lowest BCUT2D eigenvalue weighted by atomic mass is 10.1. The third-order valence-corrected chi connectivity index (χ3v) is 8.40. The van der Waals surface area contributed by atoms with Crippen molar-refractivity contribution in [1.29, 1.82) is 0 Å². The summed E-state index contributed by atoms with van der Waals surface area (Å²) in [7, 11) is 3.09. The monoisotopic (exact) mass is 682 g/mol. The van der Waals surface area contributed by atoms with Crippen molar-refractivity contribution in [2.45, 2.75) is 13.8 Å². The van der Waals surface area contributed by atoms with Crippen molar-refractivity contribution in [3.05, 3.63) is 116 Å². The fourth-order valence-electron chi connectivity index (χ4n) is 5.11. The zero-order chi connectivity index (χ0) is 33.7. The molecule has 7 rings (SSSR count). The van der Waals surface area contributed by atoms with Crippen LogP contribution in [0.3, 0.4) is 0 Å². The Balaban J connectivity index is 1.20. The Morgan fingerprint density at radius 3 is 1.33 bits per heavy atom. The average molecular weight is 684 g/mol. The lowest BCUT2D eigenvalue weighted by molar-refractivity contribution is 0.0723. The van der Waals surface area contributed by atoms with E-state index >= 15 is 0 Å². The topological polar surface area (TPSA) is 114 Å². The smallest absolute Gasteiger partial charge is 0.343 e. The first-order chi connectivity index (χ1) is 23.1. The van der Waals surface area contributed by atoms with Gasteiger partial charge >= 0.3 is 11.9 Å². The standard InChI is InChI=1S/C36H24Cl2N2O8/c1-17-13-23-27(15-25(17)47-35(41)19-5-9-21(43-3)10-6-19)45-33-30(38)32-34(29(37)31(33)39-23)46-28-16-26(18(2)14-24(28)40-32)48-36(42)20-7-11-22(44-4)12-8-20/h5-16H,1-4H3. The number of benzene rings is 5. The van der Waals surface area contributed by atoms with Crippen LogP contribution in [0.4, 0.5) is 11.4 Å². The molecule has 0 N–H and O–H groups in total. The molecule has 2 aliphatic heterocycles. The van der Waals surface area contributed by atoms with E-state index < -0.39 is 11.9 Å². The highest BCUT2D eigenvalue weighted by atomic mass is 35.5. The zero-order valence-corrected chi connectivity index (χ0v) is 27.4. The predicted octanol–water partition coefficient (Wildman–Crippen LogP) is 8.18. The van der Waals surface area contributed by atoms with Crippen LogP contribution >= 0.6 is 23.2 Å². The molecule has 10 nitrogen and oxygen atoms in total. The maximum Gasteiger partial charge on any atom is 0.343 e. The van der Waals surface area contributed by atoms with Crippen LogP contribution in [0, 0.1) is 13.8 Å². The second-order valence-corrected chi connectivity index (χ2v) is 11.6. The molecule has 48 heavy (non-hydrogen) atoms. The Bertz CT molecular complexity index is 2130. The zero-order valence-electron chi connectivity index (χ0n) is 25.8. The van der Waals surface area contributed by atoms with Crippen molar-refractivity contribution in [3.8, 4) is 46.0 Å². The lowest BCUT2D eigenvalue weighted by Gasteiger charge is -2.22. The first kappa shape index (κ1) is 31.0. The number of rotatable bonds is 6. The molecule has 0 saturated carbocycles. The van der Waals surface area contributed by atoms with Crippen molar-refractivity contribution in [2.24, 2.45) is 9.98 Å². The van der Waals surface area contributed by atoms with Gasteiger partial charge in [-0.15, -0.1) is 0 Å². The van der Waals surface area contributed by atoms with Crippen molar-refractivity contribution in [1.82, 2.24) is 0 Å². The minimum absolute atomic E-state index is 0.120. The summed E-state index contributed by atoms with van der Waals surface area (Å²) in [6.45, 7) is 3.56. The van der Waals surface area contributed by atoms with Gasteiger partial charge in [0.1, 0.15) is 55.1 Å². The van der Waals surface area contributed by atoms with E-state index in [1.54, 1.807) is 101 Å². The molecule has 2 aliphatic rings. The highest BCUT2D eigenvalue weighted by Crippen LogP contribution is 2.45. The van der Waals surface area contributed by atoms with Gasteiger partial charge in [-0.05, 0) is 85.6 Å². The summed E-state index contributed by atoms with van der Waals surface area (Å²) < 4.78 is 34.1. The summed E-state index contributed by atoms with van der Waals surface area (Å²) in [5, 5.41) is 0.725. The van der Waals surface area contributed by atoms with Gasteiger partial charge in [0.2, 0.25) is 0 Å². The van der Waals surface area contributed by atoms with Crippen molar-refractivity contribution in [3.63, 3.8) is 0 Å². The summed E-state index contributed by atoms with van der Waals surface area (Å²) >= 11 is 13.7. The summed E-state index contributed by atoms with van der Waals surface area (Å²) in [4.78, 5) is 35.1. The van der Waals surface area contributed by atoms with Gasteiger partial charge in [0.05, 0.1) is 25.3 Å². The minimum Gasteiger partial charge on any atom is -0.497 e. The number of hydrogen-bond donors (Lipinski definition) is 0. The van der Waals surface area contributed by atoms with Crippen LogP contribution in [0.15, 0.2) is 82.8 Å². The van der Waals surface area contributed by atoms with Crippen LogP contribution in [0.5, 0.6) is 46.0 Å². The Labute approximate surface area is 283 Å². The van der Waals surface area contributed by atoms with Gasteiger partial charge in [0.15, 0.2) is 23.0 Å². The Kier molecular flexibility index (Phi) is 7.90. The largest absolute Gasteiger partial charge is 0.497 e. The maximum atomic E-state index is 12.9. The molecule has 12 heteroatoms. The number of hydrogen-bond acceptors (Lipinski definition) is 10. The van der Waals surface area contributed by atoms with Crippen LogP contribution in [0.1, 0.15) is 31.8 Å². The van der Waals surface area contributed by atoms with Crippen LogP contribution < -0.4 is 39.1 Å². The first-order valence-corrected chi connectivity index (χ1v) is 15.2. The summed E-state index contributed by atoms with van der Waals surface area (Å²) in [6.07, 6.45) is 0.